The second-order valence-corrected chi connectivity index (χ2v) is 7.80. The molecule has 0 amide bonds. The summed E-state index contributed by atoms with van der Waals surface area (Å²) in [5.41, 5.74) is 4.72. The van der Waals surface area contributed by atoms with Gasteiger partial charge in [-0.25, -0.2) is 4.79 Å². The number of aromatic amines is 2. The fourth-order valence-electron chi connectivity index (χ4n) is 4.57. The first-order chi connectivity index (χ1) is 13.6. The molecule has 0 saturated carbocycles. The van der Waals surface area contributed by atoms with Gasteiger partial charge >= 0.3 is 5.69 Å². The molecule has 4 aromatic rings. The Morgan fingerprint density at radius 1 is 1.21 bits per heavy atom. The van der Waals surface area contributed by atoms with Crippen LogP contribution in [0.3, 0.4) is 0 Å². The minimum atomic E-state index is -0.655. The van der Waals surface area contributed by atoms with Gasteiger partial charge in [0.2, 0.25) is 0 Å². The summed E-state index contributed by atoms with van der Waals surface area (Å²) in [4.78, 5) is 18.5. The number of benzene rings is 2. The first-order valence-electron chi connectivity index (χ1n) is 9.82. The van der Waals surface area contributed by atoms with Gasteiger partial charge in [-0.1, -0.05) is 30.3 Å². The molecule has 1 aliphatic rings. The Morgan fingerprint density at radius 3 is 2.93 bits per heavy atom. The SMILES string of the molecule is CC(Cc1c[nH]c2ccccc12)N[C@@H]1CCn2c(=O)[nH]c3cccc(c32)[C@H]1O. The summed E-state index contributed by atoms with van der Waals surface area (Å²) < 4.78 is 1.75. The van der Waals surface area contributed by atoms with E-state index in [9.17, 15) is 9.90 Å². The number of fused-ring (bicyclic) bond motifs is 1. The molecule has 2 aromatic carbocycles. The molecular formula is C22H24N4O2. The van der Waals surface area contributed by atoms with Crippen molar-refractivity contribution in [3.8, 4) is 0 Å². The van der Waals surface area contributed by atoms with Crippen molar-refractivity contribution in [1.82, 2.24) is 19.9 Å². The largest absolute Gasteiger partial charge is 0.387 e. The molecule has 6 nitrogen and oxygen atoms in total. The van der Waals surface area contributed by atoms with Crippen LogP contribution >= 0.6 is 0 Å². The van der Waals surface area contributed by atoms with Crippen LogP contribution in [0.1, 0.15) is 30.6 Å². The number of imidazole rings is 1. The maximum absolute atomic E-state index is 12.3. The van der Waals surface area contributed by atoms with Crippen LogP contribution < -0.4 is 11.0 Å². The zero-order valence-corrected chi connectivity index (χ0v) is 15.8. The molecule has 1 aliphatic heterocycles. The second-order valence-electron chi connectivity index (χ2n) is 7.80. The molecule has 28 heavy (non-hydrogen) atoms. The highest BCUT2D eigenvalue weighted by Crippen LogP contribution is 2.30. The van der Waals surface area contributed by atoms with E-state index in [2.05, 4.69) is 46.6 Å². The molecule has 0 aliphatic carbocycles. The lowest BCUT2D eigenvalue weighted by molar-refractivity contribution is 0.119. The van der Waals surface area contributed by atoms with Gasteiger partial charge < -0.3 is 20.4 Å². The number of nitrogens with one attached hydrogen (secondary N) is 3. The van der Waals surface area contributed by atoms with E-state index >= 15 is 0 Å². The number of nitrogens with zero attached hydrogens (tertiary/aromatic N) is 1. The summed E-state index contributed by atoms with van der Waals surface area (Å²) in [7, 11) is 0. The zero-order valence-electron chi connectivity index (χ0n) is 15.8. The van der Waals surface area contributed by atoms with E-state index in [4.69, 9.17) is 0 Å². The van der Waals surface area contributed by atoms with Crippen molar-refractivity contribution in [1.29, 1.82) is 0 Å². The number of rotatable bonds is 4. The van der Waals surface area contributed by atoms with E-state index in [-0.39, 0.29) is 17.8 Å². The van der Waals surface area contributed by atoms with E-state index < -0.39 is 6.10 Å². The Bertz CT molecular complexity index is 1200. The molecule has 3 atom stereocenters. The van der Waals surface area contributed by atoms with E-state index in [1.54, 1.807) is 4.57 Å². The van der Waals surface area contributed by atoms with Crippen LogP contribution in [0.2, 0.25) is 0 Å². The molecule has 0 radical (unpaired) electrons. The second kappa shape index (κ2) is 6.65. The smallest absolute Gasteiger partial charge is 0.326 e. The van der Waals surface area contributed by atoms with Crippen LogP contribution in [0.25, 0.3) is 21.9 Å². The summed E-state index contributed by atoms with van der Waals surface area (Å²) in [5, 5.41) is 15.9. The summed E-state index contributed by atoms with van der Waals surface area (Å²) in [6.07, 6.45) is 2.97. The lowest BCUT2D eigenvalue weighted by Gasteiger charge is -2.26. The normalized spacial score (nSPS) is 20.5. The number of para-hydroxylation sites is 2. The monoisotopic (exact) mass is 376 g/mol. The number of H-pyrrole nitrogens is 2. The predicted molar refractivity (Wildman–Crippen MR) is 111 cm³/mol. The van der Waals surface area contributed by atoms with Crippen molar-refractivity contribution < 1.29 is 5.11 Å². The molecule has 1 unspecified atom stereocenters. The molecule has 0 spiro atoms. The standard InChI is InChI=1S/C22H24N4O2/c1-13(11-14-12-23-17-7-3-2-5-15(14)17)24-19-9-10-26-20-16(21(19)27)6-4-8-18(20)25-22(26)28/h2-8,12-13,19,21,23-24,27H,9-11H2,1H3,(H,25,28)/t13?,19-,21-/m1/s1. The number of aryl methyl sites for hydroxylation is 1. The van der Waals surface area contributed by atoms with Gasteiger partial charge in [0.25, 0.3) is 0 Å². The van der Waals surface area contributed by atoms with Crippen molar-refractivity contribution in [3.05, 3.63) is 70.3 Å². The van der Waals surface area contributed by atoms with Crippen LogP contribution in [-0.2, 0) is 13.0 Å². The van der Waals surface area contributed by atoms with Crippen molar-refractivity contribution in [2.75, 3.05) is 0 Å². The van der Waals surface area contributed by atoms with Gasteiger partial charge in [0.05, 0.1) is 17.1 Å². The third-order valence-corrected chi connectivity index (χ3v) is 5.89. The van der Waals surface area contributed by atoms with Gasteiger partial charge in [0.1, 0.15) is 0 Å². The van der Waals surface area contributed by atoms with Crippen LogP contribution in [0.5, 0.6) is 0 Å². The summed E-state index contributed by atoms with van der Waals surface area (Å²) in [6.45, 7) is 2.73. The topological polar surface area (TPSA) is 85.8 Å². The maximum atomic E-state index is 12.3. The van der Waals surface area contributed by atoms with Crippen LogP contribution in [-0.4, -0.2) is 31.7 Å². The Hall–Kier alpha value is -2.83. The summed E-state index contributed by atoms with van der Waals surface area (Å²) in [5.74, 6) is 0. The lowest BCUT2D eigenvalue weighted by Crippen LogP contribution is -2.41. The highest BCUT2D eigenvalue weighted by molar-refractivity contribution is 5.83. The van der Waals surface area contributed by atoms with E-state index in [1.807, 2.05) is 24.3 Å². The third kappa shape index (κ3) is 2.77. The van der Waals surface area contributed by atoms with E-state index in [1.165, 1.54) is 10.9 Å². The fourth-order valence-corrected chi connectivity index (χ4v) is 4.57. The maximum Gasteiger partial charge on any atom is 0.326 e. The van der Waals surface area contributed by atoms with Crippen molar-refractivity contribution in [2.24, 2.45) is 0 Å². The molecule has 6 heteroatoms. The number of aliphatic hydroxyl groups is 1. The molecular weight excluding hydrogens is 352 g/mol. The molecule has 5 rings (SSSR count). The molecule has 0 bridgehead atoms. The highest BCUT2D eigenvalue weighted by Gasteiger charge is 2.29. The molecule has 0 saturated heterocycles. The minimum Gasteiger partial charge on any atom is -0.387 e. The van der Waals surface area contributed by atoms with Crippen LogP contribution in [0.15, 0.2) is 53.5 Å². The number of hydrogen-bond donors (Lipinski definition) is 4. The van der Waals surface area contributed by atoms with Crippen molar-refractivity contribution >= 4 is 21.9 Å². The molecule has 4 N–H and O–H groups in total. The van der Waals surface area contributed by atoms with E-state index in [0.29, 0.717) is 13.0 Å². The van der Waals surface area contributed by atoms with Gasteiger partial charge in [-0.3, -0.25) is 4.57 Å². The van der Waals surface area contributed by atoms with Crippen molar-refractivity contribution in [2.45, 2.75) is 44.5 Å². The summed E-state index contributed by atoms with van der Waals surface area (Å²) >= 11 is 0. The average Bonchev–Trinajstić information content (AvgIpc) is 3.20. The molecule has 3 heterocycles. The highest BCUT2D eigenvalue weighted by atomic mass is 16.3. The van der Waals surface area contributed by atoms with Crippen LogP contribution in [0, 0.1) is 0 Å². The molecule has 0 fully saturated rings. The fraction of sp³-hybridized carbons (Fsp3) is 0.318. The van der Waals surface area contributed by atoms with Crippen molar-refractivity contribution in [3.63, 3.8) is 0 Å². The molecule has 144 valence electrons. The van der Waals surface area contributed by atoms with Gasteiger partial charge in [0.15, 0.2) is 0 Å². The quantitative estimate of drug-likeness (QED) is 0.442. The first kappa shape index (κ1) is 17.3. The zero-order chi connectivity index (χ0) is 19.3. The average molecular weight is 376 g/mol. The number of aliphatic hydroxyl groups excluding tert-OH is 1. The Balaban J connectivity index is 1.39. The predicted octanol–water partition coefficient (Wildman–Crippen LogP) is 2.84. The first-order valence-corrected chi connectivity index (χ1v) is 9.82. The van der Waals surface area contributed by atoms with Gasteiger partial charge in [-0.15, -0.1) is 0 Å². The van der Waals surface area contributed by atoms with Gasteiger partial charge in [-0.2, -0.15) is 0 Å². The lowest BCUT2D eigenvalue weighted by atomic mass is 9.98. The third-order valence-electron chi connectivity index (χ3n) is 5.89. The number of hydrogen-bond acceptors (Lipinski definition) is 3. The minimum absolute atomic E-state index is 0.106. The van der Waals surface area contributed by atoms with E-state index in [0.717, 1.165) is 28.5 Å². The van der Waals surface area contributed by atoms with Gasteiger partial charge in [-0.05, 0) is 37.5 Å². The summed E-state index contributed by atoms with van der Waals surface area (Å²) in [6, 6.07) is 14.1. The van der Waals surface area contributed by atoms with Gasteiger partial charge in [0, 0.05) is 41.3 Å². The Morgan fingerprint density at radius 2 is 2.04 bits per heavy atom. The molecule has 2 aromatic heterocycles. The Labute approximate surface area is 162 Å². The van der Waals surface area contributed by atoms with Crippen LogP contribution in [0.4, 0.5) is 0 Å². The number of aromatic nitrogens is 3. The Kier molecular flexibility index (Phi) is 4.10.